The Morgan fingerprint density at radius 1 is 0.696 bits per heavy atom. The molecule has 0 N–H and O–H groups in total. The van der Waals surface area contributed by atoms with E-state index in [0.29, 0.717) is 17.7 Å². The maximum atomic E-state index is 13.0. The van der Waals surface area contributed by atoms with Gasteiger partial charge < -0.3 is 0 Å². The zero-order chi connectivity index (χ0) is 17.1. The summed E-state index contributed by atoms with van der Waals surface area (Å²) in [5.41, 5.74) is -1.79. The first-order valence-corrected chi connectivity index (χ1v) is 7.53. The minimum atomic E-state index is -4.83. The molecule has 1 unspecified atom stereocenters. The van der Waals surface area contributed by atoms with Crippen molar-refractivity contribution in [3.63, 3.8) is 0 Å². The highest BCUT2D eigenvalue weighted by molar-refractivity contribution is 7.51. The fourth-order valence-corrected chi connectivity index (χ4v) is 3.17. The van der Waals surface area contributed by atoms with Crippen LogP contribution in [0.3, 0.4) is 0 Å². The molecular weight excluding hydrogens is 337 g/mol. The molecule has 0 heterocycles. The molecule has 0 aliphatic rings. The van der Waals surface area contributed by atoms with E-state index in [4.69, 9.17) is 0 Å². The van der Waals surface area contributed by atoms with Gasteiger partial charge >= 0.3 is 12.4 Å². The lowest BCUT2D eigenvalue weighted by Gasteiger charge is -2.17. The van der Waals surface area contributed by atoms with Crippen molar-refractivity contribution in [2.24, 2.45) is 0 Å². The molecule has 1 atom stereocenters. The molecule has 0 amide bonds. The molecule has 0 saturated carbocycles. The fraction of sp³-hybridized carbons (Fsp3) is 0.125. The van der Waals surface area contributed by atoms with Crippen molar-refractivity contribution >= 4 is 20.0 Å². The van der Waals surface area contributed by atoms with Crippen LogP contribution in [0.4, 0.5) is 26.3 Å². The van der Waals surface area contributed by atoms with Crippen LogP contribution < -0.4 is 5.30 Å². The molecule has 2 aromatic carbocycles. The van der Waals surface area contributed by atoms with Crippen molar-refractivity contribution < 1.29 is 26.3 Å². The zero-order valence-corrected chi connectivity index (χ0v) is 12.5. The maximum absolute atomic E-state index is 13.0. The number of alkyl halides is 6. The first kappa shape index (κ1) is 17.5. The second-order valence-electron chi connectivity index (χ2n) is 4.61. The van der Waals surface area contributed by atoms with Crippen molar-refractivity contribution in [3.05, 3.63) is 71.0 Å². The van der Waals surface area contributed by atoms with Crippen LogP contribution in [-0.2, 0) is 12.4 Å². The maximum Gasteiger partial charge on any atom is 0.417 e. The molecule has 2 rings (SSSR count). The highest BCUT2D eigenvalue weighted by atomic mass is 31.1. The third-order valence-electron chi connectivity index (χ3n) is 2.98. The number of hydrogen-bond acceptors (Lipinski definition) is 0. The van der Waals surface area contributed by atoms with Gasteiger partial charge in [-0.05, 0) is 17.7 Å². The molecule has 0 aromatic heterocycles. The van der Waals surface area contributed by atoms with Gasteiger partial charge in [-0.3, -0.25) is 0 Å². The molecule has 23 heavy (non-hydrogen) atoms. The van der Waals surface area contributed by atoms with E-state index in [9.17, 15) is 26.3 Å². The molecule has 0 aliphatic heterocycles. The van der Waals surface area contributed by atoms with Crippen LogP contribution >= 0.6 is 8.58 Å². The van der Waals surface area contributed by atoms with Crippen LogP contribution in [0, 0.1) is 0 Å². The van der Waals surface area contributed by atoms with Crippen LogP contribution in [0.1, 0.15) is 16.7 Å². The second-order valence-corrected chi connectivity index (χ2v) is 5.73. The van der Waals surface area contributed by atoms with E-state index in [0.717, 1.165) is 6.07 Å². The summed E-state index contributed by atoms with van der Waals surface area (Å²) in [7, 11) is -0.746. The number of halogens is 6. The highest BCUT2D eigenvalue weighted by Gasteiger charge is 2.40. The van der Waals surface area contributed by atoms with Gasteiger partial charge in [-0.2, -0.15) is 26.3 Å². The molecule has 122 valence electrons. The first-order valence-electron chi connectivity index (χ1n) is 6.45. The minimum Gasteiger partial charge on any atom is -0.166 e. The summed E-state index contributed by atoms with van der Waals surface area (Å²) < 4.78 is 77.9. The van der Waals surface area contributed by atoms with Gasteiger partial charge in [-0.15, -0.1) is 0 Å². The Labute approximate surface area is 130 Å². The van der Waals surface area contributed by atoms with Crippen LogP contribution in [0.15, 0.2) is 54.3 Å². The summed E-state index contributed by atoms with van der Waals surface area (Å²) in [6, 6.07) is 10.8. The molecule has 0 spiro atoms. The Morgan fingerprint density at radius 3 is 1.70 bits per heavy atom. The minimum absolute atomic E-state index is 0.675. The molecule has 2 aromatic rings. The van der Waals surface area contributed by atoms with Crippen molar-refractivity contribution in [1.82, 2.24) is 0 Å². The molecule has 0 fully saturated rings. The summed E-state index contributed by atoms with van der Waals surface area (Å²) in [5.74, 6) is 1.33. The largest absolute Gasteiger partial charge is 0.417 e. The standard InChI is InChI=1S/C16H11F6P/c17-15(18,19)12-7-4-8-13(16(20,21)22)14(12)23-10-9-11-5-2-1-3-6-11/h1-10,23H. The summed E-state index contributed by atoms with van der Waals surface area (Å²) in [4.78, 5) is 0. The molecule has 0 bridgehead atoms. The smallest absolute Gasteiger partial charge is 0.166 e. The highest BCUT2D eigenvalue weighted by Crippen LogP contribution is 2.37. The van der Waals surface area contributed by atoms with Crippen molar-refractivity contribution in [3.8, 4) is 0 Å². The van der Waals surface area contributed by atoms with Gasteiger partial charge in [-0.25, -0.2) is 0 Å². The average molecular weight is 348 g/mol. The van der Waals surface area contributed by atoms with E-state index >= 15 is 0 Å². The molecule has 0 saturated heterocycles. The van der Waals surface area contributed by atoms with Crippen LogP contribution in [0.5, 0.6) is 0 Å². The average Bonchev–Trinajstić information content (AvgIpc) is 2.46. The Hall–Kier alpha value is -1.81. The van der Waals surface area contributed by atoms with E-state index in [1.807, 2.05) is 0 Å². The summed E-state index contributed by atoms with van der Waals surface area (Å²) in [6.07, 6.45) is -8.15. The quantitative estimate of drug-likeness (QED) is 0.493. The van der Waals surface area contributed by atoms with Gasteiger partial charge in [0.05, 0.1) is 11.1 Å². The van der Waals surface area contributed by atoms with E-state index in [1.54, 1.807) is 30.3 Å². The SMILES string of the molecule is FC(F)(F)c1cccc(C(F)(F)F)c1PC=Cc1ccccc1. The van der Waals surface area contributed by atoms with Gasteiger partial charge in [0, 0.05) is 5.30 Å². The lowest BCUT2D eigenvalue weighted by molar-refractivity contribution is -0.141. The monoisotopic (exact) mass is 348 g/mol. The molecule has 0 nitrogen and oxygen atoms in total. The summed E-state index contributed by atoms with van der Waals surface area (Å²) in [5, 5.41) is -0.736. The van der Waals surface area contributed by atoms with E-state index in [-0.39, 0.29) is 0 Å². The normalized spacial score (nSPS) is 13.3. The molecular formula is C16H11F6P. The lowest BCUT2D eigenvalue weighted by atomic mass is 10.1. The Balaban J connectivity index is 2.40. The molecule has 0 radical (unpaired) electrons. The number of rotatable bonds is 3. The fourth-order valence-electron chi connectivity index (χ4n) is 1.97. The van der Waals surface area contributed by atoms with E-state index in [1.165, 1.54) is 11.9 Å². The van der Waals surface area contributed by atoms with Gasteiger partial charge in [-0.1, -0.05) is 56.9 Å². The predicted octanol–water partition coefficient (Wildman–Crippen LogP) is 5.70. The summed E-state index contributed by atoms with van der Waals surface area (Å²) in [6.45, 7) is 0. The van der Waals surface area contributed by atoms with Gasteiger partial charge in [0.1, 0.15) is 0 Å². The third-order valence-corrected chi connectivity index (χ3v) is 4.14. The Kier molecular flexibility index (Phi) is 5.15. The van der Waals surface area contributed by atoms with Gasteiger partial charge in [0.2, 0.25) is 0 Å². The number of hydrogen-bond donors (Lipinski definition) is 0. The van der Waals surface area contributed by atoms with Crippen molar-refractivity contribution in [2.75, 3.05) is 0 Å². The molecule has 7 heteroatoms. The Bertz CT molecular complexity index is 654. The first-order chi connectivity index (χ1) is 10.7. The second kappa shape index (κ2) is 6.75. The van der Waals surface area contributed by atoms with E-state index < -0.39 is 37.4 Å². The molecule has 0 aliphatic carbocycles. The van der Waals surface area contributed by atoms with E-state index in [2.05, 4.69) is 0 Å². The lowest BCUT2D eigenvalue weighted by Crippen LogP contribution is -2.23. The van der Waals surface area contributed by atoms with Crippen molar-refractivity contribution in [2.45, 2.75) is 12.4 Å². The third kappa shape index (κ3) is 4.58. The predicted molar refractivity (Wildman–Crippen MR) is 79.9 cm³/mol. The van der Waals surface area contributed by atoms with Crippen LogP contribution in [0.25, 0.3) is 6.08 Å². The topological polar surface area (TPSA) is 0 Å². The summed E-state index contributed by atoms with van der Waals surface area (Å²) >= 11 is 0. The zero-order valence-electron chi connectivity index (χ0n) is 11.5. The Morgan fingerprint density at radius 2 is 1.22 bits per heavy atom. The van der Waals surface area contributed by atoms with Crippen LogP contribution in [0.2, 0.25) is 0 Å². The van der Waals surface area contributed by atoms with Gasteiger partial charge in [0.15, 0.2) is 0 Å². The van der Waals surface area contributed by atoms with Gasteiger partial charge in [0.25, 0.3) is 0 Å². The number of benzene rings is 2. The van der Waals surface area contributed by atoms with Crippen LogP contribution in [-0.4, -0.2) is 0 Å². The van der Waals surface area contributed by atoms with Crippen molar-refractivity contribution in [1.29, 1.82) is 0 Å².